The summed E-state index contributed by atoms with van der Waals surface area (Å²) in [6.07, 6.45) is 1.17. The largest absolute Gasteiger partial charge is 0.512 e. The predicted octanol–water partition coefficient (Wildman–Crippen LogP) is 6.26. The van der Waals surface area contributed by atoms with Crippen LogP contribution in [-0.4, -0.2) is 15.9 Å². The molecule has 28 heavy (non-hydrogen) atoms. The number of pyridine rings is 1. The first-order valence-corrected chi connectivity index (χ1v) is 9.46. The second kappa shape index (κ2) is 9.74. The van der Waals surface area contributed by atoms with E-state index in [9.17, 15) is 4.79 Å². The molecule has 1 radical (unpaired) electrons. The summed E-state index contributed by atoms with van der Waals surface area (Å²) < 4.78 is 1.31. The van der Waals surface area contributed by atoms with E-state index < -0.39 is 0 Å². The van der Waals surface area contributed by atoms with Gasteiger partial charge in [-0.3, -0.25) is 9.78 Å². The van der Waals surface area contributed by atoms with Crippen molar-refractivity contribution in [3.63, 3.8) is 0 Å². The van der Waals surface area contributed by atoms with Gasteiger partial charge < -0.3 is 5.11 Å². The molecule has 2 aromatic carbocycles. The van der Waals surface area contributed by atoms with Gasteiger partial charge in [-0.05, 0) is 36.4 Å². The van der Waals surface area contributed by atoms with Crippen molar-refractivity contribution >= 4 is 38.1 Å². The van der Waals surface area contributed by atoms with E-state index in [1.807, 2.05) is 12.1 Å². The molecule has 0 amide bonds. The van der Waals surface area contributed by atoms with E-state index in [-0.39, 0.29) is 31.6 Å². The third kappa shape index (κ3) is 5.14. The summed E-state index contributed by atoms with van der Waals surface area (Å²) >= 11 is 1.77. The first-order chi connectivity index (χ1) is 13.0. The zero-order valence-corrected chi connectivity index (χ0v) is 19.0. The summed E-state index contributed by atoms with van der Waals surface area (Å²) in [4.78, 5) is 14.9. The zero-order valence-electron chi connectivity index (χ0n) is 15.8. The average Bonchev–Trinajstić information content (AvgIpc) is 3.11. The third-order valence-electron chi connectivity index (χ3n) is 3.94. The van der Waals surface area contributed by atoms with Gasteiger partial charge in [-0.15, -0.1) is 46.7 Å². The van der Waals surface area contributed by atoms with E-state index in [0.29, 0.717) is 0 Å². The summed E-state index contributed by atoms with van der Waals surface area (Å²) in [5, 5.41) is 12.9. The van der Waals surface area contributed by atoms with Crippen LogP contribution in [0.4, 0.5) is 0 Å². The van der Waals surface area contributed by atoms with Crippen molar-refractivity contribution in [3.8, 4) is 11.3 Å². The molecule has 0 spiro atoms. The first-order valence-electron chi connectivity index (χ1n) is 8.58. The van der Waals surface area contributed by atoms with Gasteiger partial charge in [0.05, 0.1) is 11.3 Å². The fraction of sp³-hybridized carbons (Fsp3) is 0.130. The Bertz CT molecular complexity index is 1130. The number of hydrogen-bond acceptors (Lipinski definition) is 4. The van der Waals surface area contributed by atoms with Crippen molar-refractivity contribution in [3.05, 3.63) is 77.4 Å². The number of fused-ring (bicyclic) bond motifs is 3. The summed E-state index contributed by atoms with van der Waals surface area (Å²) in [5.41, 5.74) is 4.35. The molecule has 0 atom stereocenters. The maximum absolute atomic E-state index is 10.0. The van der Waals surface area contributed by atoms with Crippen molar-refractivity contribution in [2.75, 3.05) is 0 Å². The van der Waals surface area contributed by atoms with Gasteiger partial charge in [0.2, 0.25) is 0 Å². The summed E-state index contributed by atoms with van der Waals surface area (Å²) in [6, 6.07) is 20.1. The van der Waals surface area contributed by atoms with Crippen molar-refractivity contribution in [2.24, 2.45) is 0 Å². The number of carbonyl (C=O) groups excluding carboxylic acids is 1. The van der Waals surface area contributed by atoms with Crippen molar-refractivity contribution in [1.82, 2.24) is 4.98 Å². The number of aromatic nitrogens is 1. The van der Waals surface area contributed by atoms with Crippen LogP contribution in [0.1, 0.15) is 19.4 Å². The average molecular weight is 567 g/mol. The van der Waals surface area contributed by atoms with E-state index in [1.54, 1.807) is 11.3 Å². The number of allylic oxidation sites excluding steroid dienone is 2. The monoisotopic (exact) mass is 567 g/mol. The van der Waals surface area contributed by atoms with Crippen LogP contribution in [0.2, 0.25) is 0 Å². The van der Waals surface area contributed by atoms with Crippen LogP contribution >= 0.6 is 11.3 Å². The number of carbonyl (C=O) groups is 1. The van der Waals surface area contributed by atoms with Crippen LogP contribution in [0.3, 0.4) is 0 Å². The van der Waals surface area contributed by atoms with Gasteiger partial charge in [-0.1, -0.05) is 31.2 Å². The summed E-state index contributed by atoms with van der Waals surface area (Å²) in [5.74, 6) is -0.0625. The number of aryl methyl sites for hydroxylation is 1. The van der Waals surface area contributed by atoms with Crippen LogP contribution in [0.25, 0.3) is 32.2 Å². The molecule has 0 aliphatic carbocycles. The van der Waals surface area contributed by atoms with E-state index in [0.717, 1.165) is 16.8 Å². The van der Waals surface area contributed by atoms with Crippen LogP contribution in [0.5, 0.6) is 0 Å². The summed E-state index contributed by atoms with van der Waals surface area (Å²) in [7, 11) is 0. The molecular formula is C23H20IrNO2S-. The number of ketones is 1. The minimum atomic E-state index is -0.125. The molecule has 0 fully saturated rings. The van der Waals surface area contributed by atoms with Gasteiger partial charge in [0.25, 0.3) is 0 Å². The van der Waals surface area contributed by atoms with Gasteiger partial charge >= 0.3 is 0 Å². The molecule has 1 N–H and O–H groups in total. The van der Waals surface area contributed by atoms with E-state index >= 15 is 0 Å². The zero-order chi connectivity index (χ0) is 19.4. The predicted molar refractivity (Wildman–Crippen MR) is 113 cm³/mol. The van der Waals surface area contributed by atoms with Gasteiger partial charge in [0.1, 0.15) is 0 Å². The Balaban J connectivity index is 0.000000306. The van der Waals surface area contributed by atoms with Crippen LogP contribution < -0.4 is 0 Å². The normalized spacial score (nSPS) is 10.9. The van der Waals surface area contributed by atoms with E-state index in [2.05, 4.69) is 54.8 Å². The number of benzene rings is 2. The second-order valence-electron chi connectivity index (χ2n) is 6.32. The van der Waals surface area contributed by atoms with Gasteiger partial charge in [-0.25, -0.2) is 0 Å². The Morgan fingerprint density at radius 1 is 1.11 bits per heavy atom. The molecule has 0 aliphatic rings. The number of para-hydroxylation sites is 1. The topological polar surface area (TPSA) is 50.2 Å². The second-order valence-corrected chi connectivity index (χ2v) is 7.23. The SMILES string of the molecule is CC(=O)/C=C(/C)O.Cc1c[c-]c(-c2nc3ccccc3c3sccc23)cc1.[Ir]. The van der Waals surface area contributed by atoms with Crippen molar-refractivity contribution < 1.29 is 30.0 Å². The van der Waals surface area contributed by atoms with Gasteiger partial charge in [0.15, 0.2) is 5.78 Å². The number of thiophene rings is 1. The van der Waals surface area contributed by atoms with Gasteiger partial charge in [-0.2, -0.15) is 0 Å². The molecule has 0 saturated heterocycles. The maximum atomic E-state index is 10.0. The number of aliphatic hydroxyl groups excluding tert-OH is 1. The van der Waals surface area contributed by atoms with Crippen molar-refractivity contribution in [2.45, 2.75) is 20.8 Å². The standard InChI is InChI=1S/C18H12NS.C5H8O2.Ir/c1-12-6-8-13(9-7-12)17-15-10-11-20-18(15)14-4-2-3-5-16(14)19-17;1-4(6)3-5(2)7;/h2-8,10-11H,1H3;3,6H,1-2H3;/q-1;;/b;4-3-;. The molecule has 0 saturated carbocycles. The maximum Gasteiger partial charge on any atom is 0.155 e. The third-order valence-corrected chi connectivity index (χ3v) is 4.88. The van der Waals surface area contributed by atoms with E-state index in [1.165, 1.54) is 41.0 Å². The van der Waals surface area contributed by atoms with Gasteiger partial charge in [0, 0.05) is 36.3 Å². The molecule has 4 rings (SSSR count). The number of rotatable bonds is 2. The Morgan fingerprint density at radius 2 is 1.86 bits per heavy atom. The number of aliphatic hydroxyl groups is 1. The van der Waals surface area contributed by atoms with Crippen molar-refractivity contribution in [1.29, 1.82) is 0 Å². The molecule has 145 valence electrons. The smallest absolute Gasteiger partial charge is 0.155 e. The molecule has 2 aromatic heterocycles. The Morgan fingerprint density at radius 3 is 2.46 bits per heavy atom. The first kappa shape index (κ1) is 22.0. The molecule has 3 nitrogen and oxygen atoms in total. The molecule has 5 heteroatoms. The molecule has 4 aromatic rings. The number of nitrogens with zero attached hydrogens (tertiary/aromatic N) is 1. The number of hydrogen-bond donors (Lipinski definition) is 1. The quantitative estimate of drug-likeness (QED) is 0.177. The van der Waals surface area contributed by atoms with E-state index in [4.69, 9.17) is 10.1 Å². The van der Waals surface area contributed by atoms with Crippen LogP contribution in [0, 0.1) is 13.0 Å². The van der Waals surface area contributed by atoms with Crippen LogP contribution in [0.15, 0.2) is 65.7 Å². The Hall–Kier alpha value is -2.33. The Kier molecular flexibility index (Phi) is 7.64. The minimum absolute atomic E-state index is 0. The fourth-order valence-corrected chi connectivity index (χ4v) is 3.73. The minimum Gasteiger partial charge on any atom is -0.512 e. The molecule has 0 unspecified atom stereocenters. The molecular weight excluding hydrogens is 547 g/mol. The molecule has 2 heterocycles. The molecule has 0 aliphatic heterocycles. The van der Waals surface area contributed by atoms with Crippen LogP contribution in [-0.2, 0) is 24.9 Å². The molecule has 0 bridgehead atoms. The Labute approximate surface area is 182 Å². The fourth-order valence-electron chi connectivity index (χ4n) is 2.80. The summed E-state index contributed by atoms with van der Waals surface area (Å²) in [6.45, 7) is 4.93.